The van der Waals surface area contributed by atoms with E-state index in [1.165, 1.54) is 4.68 Å². The Labute approximate surface area is 153 Å². The van der Waals surface area contributed by atoms with Crippen molar-refractivity contribution in [1.82, 2.24) is 15.1 Å². The molecule has 0 saturated heterocycles. The first kappa shape index (κ1) is 17.7. The zero-order chi connectivity index (χ0) is 19.0. The van der Waals surface area contributed by atoms with Crippen LogP contribution in [0.15, 0.2) is 30.3 Å². The van der Waals surface area contributed by atoms with Gasteiger partial charge in [-0.3, -0.25) is 9.48 Å². The maximum Gasteiger partial charge on any atom is 0.435 e. The second-order valence-electron chi connectivity index (χ2n) is 6.60. The van der Waals surface area contributed by atoms with E-state index in [0.29, 0.717) is 17.2 Å². The number of halogens is 3. The number of para-hydroxylation sites is 2. The first-order valence-electron chi connectivity index (χ1n) is 8.73. The van der Waals surface area contributed by atoms with Gasteiger partial charge in [0.1, 0.15) is 6.61 Å². The molecule has 1 aromatic heterocycles. The molecule has 0 unspecified atom stereocenters. The Morgan fingerprint density at radius 3 is 2.70 bits per heavy atom. The lowest BCUT2D eigenvalue weighted by atomic mass is 10.2. The molecule has 0 bridgehead atoms. The summed E-state index contributed by atoms with van der Waals surface area (Å²) in [6.45, 7) is 0.396. The number of fused-ring (bicyclic) bond motifs is 1. The maximum atomic E-state index is 12.9. The highest BCUT2D eigenvalue weighted by Crippen LogP contribution is 2.42. The molecule has 1 N–H and O–H groups in total. The number of benzene rings is 1. The van der Waals surface area contributed by atoms with Gasteiger partial charge in [0, 0.05) is 18.2 Å². The van der Waals surface area contributed by atoms with E-state index in [1.807, 2.05) is 0 Å². The van der Waals surface area contributed by atoms with E-state index < -0.39 is 18.0 Å². The Bertz CT molecular complexity index is 846. The maximum absolute atomic E-state index is 12.9. The van der Waals surface area contributed by atoms with E-state index in [0.717, 1.165) is 18.9 Å². The third kappa shape index (κ3) is 3.86. The van der Waals surface area contributed by atoms with E-state index in [2.05, 4.69) is 10.4 Å². The van der Waals surface area contributed by atoms with Crippen LogP contribution in [0.4, 0.5) is 13.2 Å². The van der Waals surface area contributed by atoms with Crippen molar-refractivity contribution in [3.05, 3.63) is 41.7 Å². The SMILES string of the molecule is O=C(NCCn1nc(C(F)(F)F)cc1C1CC1)[C@H]1COc2ccccc2O1. The Kier molecular flexibility index (Phi) is 4.45. The second kappa shape index (κ2) is 6.79. The molecule has 1 aliphatic heterocycles. The molecule has 1 aromatic carbocycles. The lowest BCUT2D eigenvalue weighted by molar-refractivity contribution is -0.141. The van der Waals surface area contributed by atoms with Gasteiger partial charge in [-0.25, -0.2) is 0 Å². The summed E-state index contributed by atoms with van der Waals surface area (Å²) < 4.78 is 51.2. The van der Waals surface area contributed by atoms with E-state index >= 15 is 0 Å². The lowest BCUT2D eigenvalue weighted by Crippen LogP contribution is -2.44. The molecule has 2 aromatic rings. The molecule has 2 aliphatic rings. The van der Waals surface area contributed by atoms with Gasteiger partial charge in [0.2, 0.25) is 6.10 Å². The highest BCUT2D eigenvalue weighted by Gasteiger charge is 2.37. The van der Waals surface area contributed by atoms with Gasteiger partial charge in [0.05, 0.1) is 6.54 Å². The van der Waals surface area contributed by atoms with Crippen LogP contribution in [0.3, 0.4) is 0 Å². The van der Waals surface area contributed by atoms with Crippen molar-refractivity contribution in [3.63, 3.8) is 0 Å². The molecule has 1 aliphatic carbocycles. The van der Waals surface area contributed by atoms with E-state index in [-0.39, 0.29) is 31.5 Å². The van der Waals surface area contributed by atoms with Crippen LogP contribution in [-0.4, -0.2) is 34.9 Å². The molecule has 1 amide bonds. The number of ether oxygens (including phenoxy) is 2. The summed E-state index contributed by atoms with van der Waals surface area (Å²) in [6.07, 6.45) is -3.55. The lowest BCUT2D eigenvalue weighted by Gasteiger charge is -2.25. The molecule has 6 nitrogen and oxygen atoms in total. The first-order valence-corrected chi connectivity index (χ1v) is 8.73. The van der Waals surface area contributed by atoms with E-state index in [1.54, 1.807) is 24.3 Å². The predicted octanol–water partition coefficient (Wildman–Crippen LogP) is 2.74. The Morgan fingerprint density at radius 1 is 1.26 bits per heavy atom. The minimum absolute atomic E-state index is 0.0795. The monoisotopic (exact) mass is 381 g/mol. The average Bonchev–Trinajstić information content (AvgIpc) is 3.40. The third-order valence-corrected chi connectivity index (χ3v) is 4.52. The predicted molar refractivity (Wildman–Crippen MR) is 88.6 cm³/mol. The van der Waals surface area contributed by atoms with Crippen LogP contribution < -0.4 is 14.8 Å². The standard InChI is InChI=1S/C18H18F3N3O3/c19-18(20,21)16-9-12(11-5-6-11)24(23-16)8-7-22-17(25)15-10-26-13-3-1-2-4-14(13)27-15/h1-4,9,11,15H,5-8,10H2,(H,22,25)/t15-/m1/s1. The molecule has 0 radical (unpaired) electrons. The fourth-order valence-corrected chi connectivity index (χ4v) is 3.00. The molecule has 0 spiro atoms. The number of rotatable bonds is 5. The fourth-order valence-electron chi connectivity index (χ4n) is 3.00. The number of hydrogen-bond acceptors (Lipinski definition) is 4. The van der Waals surface area contributed by atoms with Crippen LogP contribution in [0, 0.1) is 0 Å². The molecular weight excluding hydrogens is 363 g/mol. The van der Waals surface area contributed by atoms with Gasteiger partial charge in [0.15, 0.2) is 17.2 Å². The van der Waals surface area contributed by atoms with Crippen LogP contribution in [0.2, 0.25) is 0 Å². The average molecular weight is 381 g/mol. The van der Waals surface area contributed by atoms with E-state index in [4.69, 9.17) is 9.47 Å². The largest absolute Gasteiger partial charge is 0.485 e. The van der Waals surface area contributed by atoms with Crippen molar-refractivity contribution < 1.29 is 27.4 Å². The molecule has 144 valence electrons. The molecule has 2 heterocycles. The van der Waals surface area contributed by atoms with Gasteiger partial charge in [0.25, 0.3) is 5.91 Å². The topological polar surface area (TPSA) is 65.4 Å². The summed E-state index contributed by atoms with van der Waals surface area (Å²) in [5, 5.41) is 6.35. The van der Waals surface area contributed by atoms with Crippen LogP contribution in [0.5, 0.6) is 11.5 Å². The number of nitrogens with zero attached hydrogens (tertiary/aromatic N) is 2. The Hall–Kier alpha value is -2.71. The van der Waals surface area contributed by atoms with Crippen molar-refractivity contribution in [3.8, 4) is 11.5 Å². The fraction of sp³-hybridized carbons (Fsp3) is 0.444. The summed E-state index contributed by atoms with van der Waals surface area (Å²) in [4.78, 5) is 12.3. The highest BCUT2D eigenvalue weighted by atomic mass is 19.4. The summed E-state index contributed by atoms with van der Waals surface area (Å²) in [7, 11) is 0. The number of hydrogen-bond donors (Lipinski definition) is 1. The van der Waals surface area contributed by atoms with Crippen LogP contribution in [0.1, 0.15) is 30.1 Å². The first-order chi connectivity index (χ1) is 12.9. The normalized spacial score (nSPS) is 19.0. The summed E-state index contributed by atoms with van der Waals surface area (Å²) in [5.74, 6) is 0.810. The zero-order valence-electron chi connectivity index (χ0n) is 14.3. The molecular formula is C18H18F3N3O3. The molecule has 9 heteroatoms. The van der Waals surface area contributed by atoms with Crippen molar-refractivity contribution in [1.29, 1.82) is 0 Å². The molecule has 1 atom stereocenters. The molecule has 1 saturated carbocycles. The smallest absolute Gasteiger partial charge is 0.435 e. The van der Waals surface area contributed by atoms with Gasteiger partial charge in [-0.05, 0) is 31.0 Å². The number of carbonyl (C=O) groups is 1. The molecule has 27 heavy (non-hydrogen) atoms. The van der Waals surface area contributed by atoms with Crippen LogP contribution in [0.25, 0.3) is 0 Å². The van der Waals surface area contributed by atoms with E-state index in [9.17, 15) is 18.0 Å². The number of amides is 1. The minimum Gasteiger partial charge on any atom is -0.485 e. The van der Waals surface area contributed by atoms with Gasteiger partial charge in [-0.1, -0.05) is 12.1 Å². The van der Waals surface area contributed by atoms with Gasteiger partial charge < -0.3 is 14.8 Å². The summed E-state index contributed by atoms with van der Waals surface area (Å²) >= 11 is 0. The molecule has 1 fully saturated rings. The summed E-state index contributed by atoms with van der Waals surface area (Å²) in [5.41, 5.74) is -0.320. The van der Waals surface area contributed by atoms with Crippen molar-refractivity contribution in [2.75, 3.05) is 13.2 Å². The third-order valence-electron chi connectivity index (χ3n) is 4.52. The van der Waals surface area contributed by atoms with Gasteiger partial charge in [-0.15, -0.1) is 0 Å². The van der Waals surface area contributed by atoms with Crippen molar-refractivity contribution in [2.45, 2.75) is 37.6 Å². The number of alkyl halides is 3. The minimum atomic E-state index is -4.47. The Morgan fingerprint density at radius 2 is 2.00 bits per heavy atom. The van der Waals surface area contributed by atoms with Crippen molar-refractivity contribution >= 4 is 5.91 Å². The van der Waals surface area contributed by atoms with Crippen LogP contribution in [-0.2, 0) is 17.5 Å². The van der Waals surface area contributed by atoms with Gasteiger partial charge in [-0.2, -0.15) is 18.3 Å². The quantitative estimate of drug-likeness (QED) is 0.865. The van der Waals surface area contributed by atoms with Crippen molar-refractivity contribution in [2.24, 2.45) is 0 Å². The summed E-state index contributed by atoms with van der Waals surface area (Å²) in [6, 6.07) is 8.14. The zero-order valence-corrected chi connectivity index (χ0v) is 14.3. The van der Waals surface area contributed by atoms with Gasteiger partial charge >= 0.3 is 6.18 Å². The van der Waals surface area contributed by atoms with Crippen LogP contribution >= 0.6 is 0 Å². The molecule has 4 rings (SSSR count). The highest BCUT2D eigenvalue weighted by molar-refractivity contribution is 5.81. The Balaban J connectivity index is 1.35. The number of nitrogens with one attached hydrogen (secondary N) is 1. The number of aromatic nitrogens is 2. The number of carbonyl (C=O) groups excluding carboxylic acids is 1. The second-order valence-corrected chi connectivity index (χ2v) is 6.60.